The van der Waals surface area contributed by atoms with Gasteiger partial charge in [-0.25, -0.2) is 0 Å². The lowest BCUT2D eigenvalue weighted by Crippen LogP contribution is -2.26. The lowest BCUT2D eigenvalue weighted by molar-refractivity contribution is 0.630. The molecule has 2 heteroatoms. The summed E-state index contributed by atoms with van der Waals surface area (Å²) in [5, 5.41) is 2.55. The Kier molecular flexibility index (Phi) is 7.69. The second-order valence-electron chi connectivity index (χ2n) is 22.2. The molecule has 4 aliphatic rings. The lowest BCUT2D eigenvalue weighted by Gasteiger charge is -2.35. The summed E-state index contributed by atoms with van der Waals surface area (Å²) in [6.45, 7) is 19.1. The van der Waals surface area contributed by atoms with E-state index >= 15 is 0 Å². The van der Waals surface area contributed by atoms with Crippen LogP contribution in [0.25, 0.3) is 72.0 Å². The SMILES string of the molecule is CC1(C)c2ccccc2-c2cc(N(c3ccc4c(c3)C(C)(C)c3ccccc3-4)c3ccc4c(c3)c3cc(-c5ccc6c(c5)C(C)(C)c5ccccc5-6)cc5c3n4-c3ccccc3C5(C)C)ccc21. The van der Waals surface area contributed by atoms with Gasteiger partial charge in [0, 0.05) is 49.5 Å². The van der Waals surface area contributed by atoms with Crippen LogP contribution in [0.1, 0.15) is 99.9 Å². The van der Waals surface area contributed by atoms with Gasteiger partial charge in [-0.15, -0.1) is 0 Å². The zero-order chi connectivity index (χ0) is 46.2. The van der Waals surface area contributed by atoms with Gasteiger partial charge in [0.05, 0.1) is 16.7 Å². The average molecular weight is 875 g/mol. The molecule has 0 fully saturated rings. The van der Waals surface area contributed by atoms with E-state index in [9.17, 15) is 0 Å². The van der Waals surface area contributed by atoms with E-state index in [1.807, 2.05) is 0 Å². The number of nitrogens with zero attached hydrogens (tertiary/aromatic N) is 2. The summed E-state index contributed by atoms with van der Waals surface area (Å²) in [5.74, 6) is 0. The van der Waals surface area contributed by atoms with Gasteiger partial charge in [-0.3, -0.25) is 0 Å². The Labute approximate surface area is 400 Å². The minimum atomic E-state index is -0.223. The van der Waals surface area contributed by atoms with Crippen molar-refractivity contribution < 1.29 is 0 Å². The minimum absolute atomic E-state index is 0.0796. The van der Waals surface area contributed by atoms with Crippen LogP contribution in [0, 0.1) is 0 Å². The Bertz CT molecular complexity index is 3870. The van der Waals surface area contributed by atoms with Gasteiger partial charge in [0.2, 0.25) is 0 Å². The van der Waals surface area contributed by atoms with Gasteiger partial charge in [-0.05, 0) is 156 Å². The molecule has 14 rings (SSSR count). The molecule has 0 radical (unpaired) electrons. The maximum absolute atomic E-state index is 2.56. The first-order valence-corrected chi connectivity index (χ1v) is 24.5. The third-order valence-electron chi connectivity index (χ3n) is 17.2. The predicted molar refractivity (Wildman–Crippen MR) is 286 cm³/mol. The highest BCUT2D eigenvalue weighted by Gasteiger charge is 2.40. The van der Waals surface area contributed by atoms with E-state index < -0.39 is 0 Å². The Morgan fingerprint density at radius 3 is 1.44 bits per heavy atom. The average Bonchev–Trinajstić information content (AvgIpc) is 3.97. The Morgan fingerprint density at radius 1 is 0.309 bits per heavy atom. The molecule has 68 heavy (non-hydrogen) atoms. The van der Waals surface area contributed by atoms with Crippen LogP contribution in [0.4, 0.5) is 17.1 Å². The molecule has 1 aliphatic heterocycles. The van der Waals surface area contributed by atoms with Crippen molar-refractivity contribution in [3.63, 3.8) is 0 Å². The molecule has 2 heterocycles. The van der Waals surface area contributed by atoms with Crippen LogP contribution < -0.4 is 4.90 Å². The van der Waals surface area contributed by atoms with Crippen molar-refractivity contribution in [2.45, 2.75) is 77.0 Å². The first-order chi connectivity index (χ1) is 32.7. The van der Waals surface area contributed by atoms with Crippen LogP contribution in [0.2, 0.25) is 0 Å². The predicted octanol–water partition coefficient (Wildman–Crippen LogP) is 17.5. The summed E-state index contributed by atoms with van der Waals surface area (Å²) < 4.78 is 2.56. The van der Waals surface area contributed by atoms with Crippen LogP contribution in [0.15, 0.2) is 182 Å². The molecular weight excluding hydrogens is 821 g/mol. The summed E-state index contributed by atoms with van der Waals surface area (Å²) >= 11 is 0. The van der Waals surface area contributed by atoms with Crippen LogP contribution in [0.5, 0.6) is 0 Å². The number of anilines is 3. The highest BCUT2D eigenvalue weighted by molar-refractivity contribution is 6.14. The van der Waals surface area contributed by atoms with E-state index in [-0.39, 0.29) is 21.7 Å². The van der Waals surface area contributed by atoms with Crippen molar-refractivity contribution in [3.8, 4) is 50.2 Å². The number of para-hydroxylation sites is 1. The molecule has 0 spiro atoms. The largest absolute Gasteiger partial charge is 0.310 e. The van der Waals surface area contributed by atoms with Crippen LogP contribution in [0.3, 0.4) is 0 Å². The first kappa shape index (κ1) is 39.7. The number of benzene rings is 9. The molecular formula is C66H54N2. The van der Waals surface area contributed by atoms with Crippen molar-refractivity contribution in [1.29, 1.82) is 0 Å². The number of rotatable bonds is 4. The monoisotopic (exact) mass is 874 g/mol. The second kappa shape index (κ2) is 13.2. The van der Waals surface area contributed by atoms with Gasteiger partial charge in [0.25, 0.3) is 0 Å². The van der Waals surface area contributed by atoms with Gasteiger partial charge >= 0.3 is 0 Å². The smallest absolute Gasteiger partial charge is 0.0582 e. The highest BCUT2D eigenvalue weighted by atomic mass is 15.1. The summed E-state index contributed by atoms with van der Waals surface area (Å²) in [6, 6.07) is 69.9. The standard InChI is InChI=1S/C66H54N2/c1-63(2)54-22-14-11-19-46(54)49-36-41(27-31-55(49)63)67(43-26-30-48-45-18-10-13-21-53(45)65(5,6)58(48)38-43)42-28-32-60-50(37-42)51-33-40(35-59-62(51)68(60)61-24-16-15-23-56(61)66(59,7)8)39-25-29-47-44-17-9-12-20-52(44)64(3,4)57(47)34-39/h9-38H,1-8H3. The van der Waals surface area contributed by atoms with Crippen molar-refractivity contribution in [3.05, 3.63) is 226 Å². The van der Waals surface area contributed by atoms with E-state index in [2.05, 4.69) is 247 Å². The van der Waals surface area contributed by atoms with E-state index in [1.165, 1.54) is 117 Å². The maximum Gasteiger partial charge on any atom is 0.0582 e. The molecule has 0 saturated carbocycles. The Hall–Kier alpha value is -7.42. The highest BCUT2D eigenvalue weighted by Crippen LogP contribution is 2.56. The third-order valence-corrected chi connectivity index (χ3v) is 17.2. The molecule has 0 saturated heterocycles. The molecule has 2 nitrogen and oxygen atoms in total. The lowest BCUT2D eigenvalue weighted by atomic mass is 9.74. The molecule has 9 aromatic carbocycles. The van der Waals surface area contributed by atoms with Crippen LogP contribution >= 0.6 is 0 Å². The molecule has 0 atom stereocenters. The minimum Gasteiger partial charge on any atom is -0.310 e. The zero-order valence-corrected chi connectivity index (χ0v) is 40.2. The van der Waals surface area contributed by atoms with Gasteiger partial charge in [0.1, 0.15) is 0 Å². The third kappa shape index (κ3) is 5.03. The molecule has 328 valence electrons. The molecule has 0 N–H and O–H groups in total. The molecule has 3 aliphatic carbocycles. The Morgan fingerprint density at radius 2 is 0.765 bits per heavy atom. The zero-order valence-electron chi connectivity index (χ0n) is 40.2. The summed E-state index contributed by atoms with van der Waals surface area (Å²) in [6.07, 6.45) is 0. The van der Waals surface area contributed by atoms with E-state index in [1.54, 1.807) is 0 Å². The van der Waals surface area contributed by atoms with E-state index in [4.69, 9.17) is 0 Å². The topological polar surface area (TPSA) is 8.17 Å². The number of aromatic nitrogens is 1. The fourth-order valence-corrected chi connectivity index (χ4v) is 13.5. The molecule has 10 aromatic rings. The van der Waals surface area contributed by atoms with Crippen LogP contribution in [-0.2, 0) is 21.7 Å². The van der Waals surface area contributed by atoms with Crippen molar-refractivity contribution in [2.75, 3.05) is 4.90 Å². The fraction of sp³-hybridized carbons (Fsp3) is 0.182. The maximum atomic E-state index is 2.56. The normalized spacial score (nSPS) is 16.4. The Balaban J connectivity index is 1.02. The molecule has 0 bridgehead atoms. The summed E-state index contributed by atoms with van der Waals surface area (Å²) in [4.78, 5) is 2.53. The summed E-state index contributed by atoms with van der Waals surface area (Å²) in [7, 11) is 0. The van der Waals surface area contributed by atoms with Crippen molar-refractivity contribution in [2.24, 2.45) is 0 Å². The fourth-order valence-electron chi connectivity index (χ4n) is 13.5. The van der Waals surface area contributed by atoms with Crippen molar-refractivity contribution in [1.82, 2.24) is 4.57 Å². The second-order valence-corrected chi connectivity index (χ2v) is 22.2. The number of hydrogen-bond donors (Lipinski definition) is 0. The van der Waals surface area contributed by atoms with Gasteiger partial charge in [-0.1, -0.05) is 171 Å². The van der Waals surface area contributed by atoms with E-state index in [0.717, 1.165) is 17.1 Å². The first-order valence-electron chi connectivity index (χ1n) is 24.5. The number of hydrogen-bond acceptors (Lipinski definition) is 1. The van der Waals surface area contributed by atoms with E-state index in [0.29, 0.717) is 0 Å². The molecule has 1 aromatic heterocycles. The quantitative estimate of drug-likeness (QED) is 0.171. The van der Waals surface area contributed by atoms with Gasteiger partial charge in [-0.2, -0.15) is 0 Å². The van der Waals surface area contributed by atoms with Gasteiger partial charge in [0.15, 0.2) is 0 Å². The molecule has 0 unspecified atom stereocenters. The summed E-state index contributed by atoms with van der Waals surface area (Å²) in [5.41, 5.74) is 28.3. The number of fused-ring (bicyclic) bond motifs is 14. The van der Waals surface area contributed by atoms with Crippen LogP contribution in [-0.4, -0.2) is 4.57 Å². The van der Waals surface area contributed by atoms with Crippen molar-refractivity contribution >= 4 is 38.9 Å². The molecule has 0 amide bonds. The van der Waals surface area contributed by atoms with Gasteiger partial charge < -0.3 is 9.47 Å².